The van der Waals surface area contributed by atoms with E-state index in [-0.39, 0.29) is 5.96 Å². The van der Waals surface area contributed by atoms with E-state index in [9.17, 15) is 0 Å². The number of nitrogens with zero attached hydrogens (tertiary/aromatic N) is 3. The van der Waals surface area contributed by atoms with Gasteiger partial charge >= 0.3 is 0 Å². The summed E-state index contributed by atoms with van der Waals surface area (Å²) in [6.07, 6.45) is 0. The van der Waals surface area contributed by atoms with E-state index >= 15 is 0 Å². The fourth-order valence-corrected chi connectivity index (χ4v) is 1.68. The van der Waals surface area contributed by atoms with Gasteiger partial charge in [0.2, 0.25) is 5.96 Å². The predicted octanol–water partition coefficient (Wildman–Crippen LogP) is 0.587. The Hall–Kier alpha value is -1.30. The van der Waals surface area contributed by atoms with Gasteiger partial charge in [-0.2, -0.15) is 0 Å². The maximum absolute atomic E-state index is 8.41. The maximum Gasteiger partial charge on any atom is 0.233 e. The molecule has 0 atom stereocenters. The van der Waals surface area contributed by atoms with Gasteiger partial charge in [-0.1, -0.05) is 5.16 Å². The number of nitrogens with two attached hydrogens (primary N) is 1. The van der Waals surface area contributed by atoms with Gasteiger partial charge in [0.15, 0.2) is 0 Å². The van der Waals surface area contributed by atoms with Crippen molar-refractivity contribution in [1.29, 1.82) is 0 Å². The summed E-state index contributed by atoms with van der Waals surface area (Å²) in [7, 11) is 1.76. The third kappa shape index (κ3) is 2.32. The molecule has 1 aromatic rings. The molecule has 0 saturated heterocycles. The van der Waals surface area contributed by atoms with Crippen LogP contribution in [0.4, 0.5) is 0 Å². The van der Waals surface area contributed by atoms with Gasteiger partial charge < -0.3 is 15.8 Å². The summed E-state index contributed by atoms with van der Waals surface area (Å²) in [4.78, 5) is 6.88. The second kappa shape index (κ2) is 4.08. The van der Waals surface area contributed by atoms with Gasteiger partial charge in [-0.25, -0.2) is 4.98 Å². The molecule has 0 spiro atoms. The lowest BCUT2D eigenvalue weighted by atomic mass is 10.4. The highest BCUT2D eigenvalue weighted by atomic mass is 32.1. The number of guanidine groups is 1. The minimum Gasteiger partial charge on any atom is -0.408 e. The third-order valence-corrected chi connectivity index (χ3v) is 2.64. The van der Waals surface area contributed by atoms with Crippen LogP contribution in [-0.4, -0.2) is 28.1 Å². The summed E-state index contributed by atoms with van der Waals surface area (Å²) in [5, 5.41) is 11.3. The van der Waals surface area contributed by atoms with Crippen molar-refractivity contribution >= 4 is 17.3 Å². The van der Waals surface area contributed by atoms with Crippen LogP contribution in [0.1, 0.15) is 10.6 Å². The van der Waals surface area contributed by atoms with Gasteiger partial charge in [-0.15, -0.1) is 11.3 Å². The highest BCUT2D eigenvalue weighted by Gasteiger charge is 2.07. The molecule has 3 N–H and O–H groups in total. The average Bonchev–Trinajstić information content (AvgIpc) is 2.50. The number of hydrogen-bond donors (Lipinski definition) is 2. The first kappa shape index (κ1) is 9.79. The van der Waals surface area contributed by atoms with Gasteiger partial charge in [0.1, 0.15) is 0 Å². The van der Waals surface area contributed by atoms with Crippen LogP contribution in [0, 0.1) is 6.92 Å². The maximum atomic E-state index is 8.41. The Morgan fingerprint density at radius 1 is 1.85 bits per heavy atom. The van der Waals surface area contributed by atoms with E-state index in [0.717, 1.165) is 10.6 Å². The summed E-state index contributed by atoms with van der Waals surface area (Å²) in [5.41, 5.74) is 8.16. The molecule has 0 amide bonds. The van der Waals surface area contributed by atoms with Crippen molar-refractivity contribution in [3.8, 4) is 0 Å². The summed E-state index contributed by atoms with van der Waals surface area (Å²) >= 11 is 1.56. The number of rotatable bonds is 2. The van der Waals surface area contributed by atoms with Crippen LogP contribution in [0.25, 0.3) is 0 Å². The minimum atomic E-state index is 0.104. The Morgan fingerprint density at radius 3 is 3.00 bits per heavy atom. The van der Waals surface area contributed by atoms with Gasteiger partial charge in [0, 0.05) is 11.9 Å². The Bertz CT molecular complexity index is 309. The Kier molecular flexibility index (Phi) is 3.07. The van der Waals surface area contributed by atoms with Crippen LogP contribution < -0.4 is 5.73 Å². The first-order chi connectivity index (χ1) is 6.15. The van der Waals surface area contributed by atoms with Crippen molar-refractivity contribution in [2.24, 2.45) is 10.9 Å². The summed E-state index contributed by atoms with van der Waals surface area (Å²) < 4.78 is 0. The minimum absolute atomic E-state index is 0.104. The summed E-state index contributed by atoms with van der Waals surface area (Å²) in [5.74, 6) is 0.104. The molecule has 1 aromatic heterocycles. The fourth-order valence-electron chi connectivity index (χ4n) is 0.851. The number of oxime groups is 1. The van der Waals surface area contributed by atoms with Gasteiger partial charge in [-0.05, 0) is 6.92 Å². The number of thiazole rings is 1. The molecule has 72 valence electrons. The molecule has 0 aromatic carbocycles. The van der Waals surface area contributed by atoms with Crippen molar-refractivity contribution in [2.45, 2.75) is 13.5 Å². The Morgan fingerprint density at radius 2 is 2.54 bits per heavy atom. The Labute approximate surface area is 80.5 Å². The molecule has 0 fully saturated rings. The van der Waals surface area contributed by atoms with Crippen molar-refractivity contribution in [3.05, 3.63) is 16.1 Å². The standard InChI is InChI=1S/C7H12N4OS/c1-5-6(13-4-9-5)3-11(2)7(8)10-12/h4,12H,3H2,1-2H3,(H2,8,10). The predicted molar refractivity (Wildman–Crippen MR) is 51.7 cm³/mol. The molecule has 13 heavy (non-hydrogen) atoms. The second-order valence-electron chi connectivity index (χ2n) is 2.68. The van der Waals surface area contributed by atoms with Crippen LogP contribution in [0.2, 0.25) is 0 Å². The molecular weight excluding hydrogens is 188 g/mol. The smallest absolute Gasteiger partial charge is 0.233 e. The average molecular weight is 200 g/mol. The lowest BCUT2D eigenvalue weighted by Crippen LogP contribution is -2.33. The van der Waals surface area contributed by atoms with E-state index in [1.54, 1.807) is 28.8 Å². The quantitative estimate of drug-likeness (QED) is 0.317. The summed E-state index contributed by atoms with van der Waals surface area (Å²) in [6, 6.07) is 0. The highest BCUT2D eigenvalue weighted by molar-refractivity contribution is 7.09. The van der Waals surface area contributed by atoms with E-state index in [1.165, 1.54) is 0 Å². The molecule has 6 heteroatoms. The van der Waals surface area contributed by atoms with Crippen molar-refractivity contribution in [2.75, 3.05) is 7.05 Å². The van der Waals surface area contributed by atoms with Gasteiger partial charge in [-0.3, -0.25) is 0 Å². The van der Waals surface area contributed by atoms with Crippen molar-refractivity contribution in [1.82, 2.24) is 9.88 Å². The lowest BCUT2D eigenvalue weighted by Gasteiger charge is -2.15. The van der Waals surface area contributed by atoms with Crippen molar-refractivity contribution in [3.63, 3.8) is 0 Å². The van der Waals surface area contributed by atoms with Crippen LogP contribution >= 0.6 is 11.3 Å². The lowest BCUT2D eigenvalue weighted by molar-refractivity contribution is 0.304. The largest absolute Gasteiger partial charge is 0.408 e. The van der Waals surface area contributed by atoms with E-state index in [0.29, 0.717) is 6.54 Å². The van der Waals surface area contributed by atoms with E-state index in [4.69, 9.17) is 10.9 Å². The Balaban J connectivity index is 2.65. The van der Waals surface area contributed by atoms with Crippen LogP contribution in [0.5, 0.6) is 0 Å². The molecule has 1 heterocycles. The first-order valence-electron chi connectivity index (χ1n) is 3.72. The molecule has 0 bridgehead atoms. The molecule has 0 radical (unpaired) electrons. The molecule has 0 aliphatic rings. The van der Waals surface area contributed by atoms with Gasteiger partial charge in [0.05, 0.1) is 17.7 Å². The molecule has 1 rings (SSSR count). The zero-order chi connectivity index (χ0) is 9.84. The van der Waals surface area contributed by atoms with Crippen LogP contribution in [0.3, 0.4) is 0 Å². The van der Waals surface area contributed by atoms with Gasteiger partial charge in [0.25, 0.3) is 0 Å². The molecule has 0 unspecified atom stereocenters. The van der Waals surface area contributed by atoms with Crippen molar-refractivity contribution < 1.29 is 5.21 Å². The third-order valence-electron chi connectivity index (χ3n) is 1.72. The molecule has 0 aliphatic carbocycles. The topological polar surface area (TPSA) is 74.7 Å². The number of aryl methyl sites for hydroxylation is 1. The second-order valence-corrected chi connectivity index (χ2v) is 3.61. The SMILES string of the molecule is Cc1ncsc1CN(C)C(N)=NO. The molecule has 0 aliphatic heterocycles. The number of hydrogen-bond acceptors (Lipinski definition) is 4. The monoisotopic (exact) mass is 200 g/mol. The van der Waals surface area contributed by atoms with Crippen LogP contribution in [-0.2, 0) is 6.54 Å². The first-order valence-corrected chi connectivity index (χ1v) is 4.60. The zero-order valence-corrected chi connectivity index (χ0v) is 8.38. The molecular formula is C7H12N4OS. The summed E-state index contributed by atoms with van der Waals surface area (Å²) in [6.45, 7) is 2.55. The van der Waals surface area contributed by atoms with E-state index in [1.807, 2.05) is 6.92 Å². The zero-order valence-electron chi connectivity index (χ0n) is 7.56. The number of aromatic nitrogens is 1. The normalized spacial score (nSPS) is 11.7. The van der Waals surface area contributed by atoms with E-state index in [2.05, 4.69) is 10.1 Å². The molecule has 0 saturated carbocycles. The highest BCUT2D eigenvalue weighted by Crippen LogP contribution is 2.13. The molecule has 5 nitrogen and oxygen atoms in total. The fraction of sp³-hybridized carbons (Fsp3) is 0.429. The van der Waals surface area contributed by atoms with E-state index < -0.39 is 0 Å². The van der Waals surface area contributed by atoms with Crippen LogP contribution in [0.15, 0.2) is 10.7 Å².